The Morgan fingerprint density at radius 3 is 2.66 bits per heavy atom. The molecule has 1 N–H and O–H groups in total. The molecule has 0 bridgehead atoms. The van der Waals surface area contributed by atoms with Crippen LogP contribution in [0.2, 0.25) is 0 Å². The predicted molar refractivity (Wildman–Crippen MR) is 110 cm³/mol. The quantitative estimate of drug-likeness (QED) is 0.575. The Kier molecular flexibility index (Phi) is 4.53. The first-order valence-electron chi connectivity index (χ1n) is 9.45. The molecule has 1 saturated heterocycles. The van der Waals surface area contributed by atoms with Crippen LogP contribution in [0.3, 0.4) is 0 Å². The van der Waals surface area contributed by atoms with E-state index in [1.807, 2.05) is 30.3 Å². The molecule has 0 aliphatic carbocycles. The minimum atomic E-state index is 0.593. The smallest absolute Gasteiger partial charge is 0.212 e. The van der Waals surface area contributed by atoms with Gasteiger partial charge in [-0.2, -0.15) is 5.10 Å². The zero-order valence-electron chi connectivity index (χ0n) is 16.0. The zero-order valence-corrected chi connectivity index (χ0v) is 16.0. The van der Waals surface area contributed by atoms with Gasteiger partial charge in [0.25, 0.3) is 0 Å². The van der Waals surface area contributed by atoms with E-state index < -0.39 is 0 Å². The number of H-pyrrole nitrogens is 1. The highest BCUT2D eigenvalue weighted by atomic mass is 16.5. The molecule has 0 spiro atoms. The van der Waals surface area contributed by atoms with Crippen molar-refractivity contribution < 1.29 is 9.47 Å². The van der Waals surface area contributed by atoms with Gasteiger partial charge in [0.2, 0.25) is 5.88 Å². The van der Waals surface area contributed by atoms with Crippen LogP contribution in [-0.4, -0.2) is 58.6 Å². The lowest BCUT2D eigenvalue weighted by Crippen LogP contribution is -2.36. The minimum Gasteiger partial charge on any atom is -0.481 e. The van der Waals surface area contributed by atoms with E-state index >= 15 is 0 Å². The van der Waals surface area contributed by atoms with Crippen molar-refractivity contribution in [1.29, 1.82) is 0 Å². The van der Waals surface area contributed by atoms with Gasteiger partial charge in [0.05, 0.1) is 31.5 Å². The summed E-state index contributed by atoms with van der Waals surface area (Å²) in [6, 6.07) is 12.0. The van der Waals surface area contributed by atoms with E-state index in [-0.39, 0.29) is 0 Å². The number of pyridine rings is 1. The molecule has 5 rings (SSSR count). The molecule has 29 heavy (non-hydrogen) atoms. The first kappa shape index (κ1) is 17.6. The third kappa shape index (κ3) is 3.38. The Morgan fingerprint density at radius 1 is 1.00 bits per heavy atom. The Bertz CT molecular complexity index is 1140. The van der Waals surface area contributed by atoms with Crippen molar-refractivity contribution in [3.05, 3.63) is 48.9 Å². The summed E-state index contributed by atoms with van der Waals surface area (Å²) < 4.78 is 10.6. The summed E-state index contributed by atoms with van der Waals surface area (Å²) in [5.74, 6) is 1.49. The van der Waals surface area contributed by atoms with Crippen LogP contribution in [0.15, 0.2) is 48.9 Å². The average molecular weight is 388 g/mol. The van der Waals surface area contributed by atoms with Gasteiger partial charge in [0.1, 0.15) is 17.8 Å². The van der Waals surface area contributed by atoms with Crippen LogP contribution < -0.4 is 9.64 Å². The van der Waals surface area contributed by atoms with Gasteiger partial charge < -0.3 is 14.4 Å². The lowest BCUT2D eigenvalue weighted by Gasteiger charge is -2.27. The van der Waals surface area contributed by atoms with Crippen molar-refractivity contribution in [2.45, 2.75) is 0 Å². The number of ether oxygens (including phenoxy) is 2. The van der Waals surface area contributed by atoms with Crippen molar-refractivity contribution in [3.63, 3.8) is 0 Å². The van der Waals surface area contributed by atoms with Crippen LogP contribution in [-0.2, 0) is 4.74 Å². The van der Waals surface area contributed by atoms with Gasteiger partial charge >= 0.3 is 0 Å². The summed E-state index contributed by atoms with van der Waals surface area (Å²) in [5.41, 5.74) is 4.61. The standard InChI is InChI=1S/C21H20N6O2/c1-28-20-5-3-15(12-22-20)14-2-4-17-16(10-14)21(26-25-17)18-11-19(24-13-23-18)27-6-8-29-9-7-27/h2-5,10-13H,6-9H2,1H3,(H,25,26). The van der Waals surface area contributed by atoms with E-state index in [1.54, 1.807) is 19.6 Å². The van der Waals surface area contributed by atoms with E-state index in [1.165, 1.54) is 0 Å². The molecule has 1 aromatic carbocycles. The predicted octanol–water partition coefficient (Wildman–Crippen LogP) is 2.93. The van der Waals surface area contributed by atoms with Crippen LogP contribution in [0.5, 0.6) is 5.88 Å². The van der Waals surface area contributed by atoms with Crippen LogP contribution >= 0.6 is 0 Å². The number of benzene rings is 1. The molecule has 4 heterocycles. The van der Waals surface area contributed by atoms with Crippen LogP contribution in [0.1, 0.15) is 0 Å². The number of rotatable bonds is 4. The van der Waals surface area contributed by atoms with Crippen LogP contribution in [0.25, 0.3) is 33.4 Å². The maximum Gasteiger partial charge on any atom is 0.212 e. The Labute approximate surface area is 167 Å². The number of fused-ring (bicyclic) bond motifs is 1. The van der Waals surface area contributed by atoms with Crippen molar-refractivity contribution in [3.8, 4) is 28.4 Å². The molecule has 8 heteroatoms. The third-order valence-corrected chi connectivity index (χ3v) is 5.07. The molecule has 1 aliphatic rings. The fraction of sp³-hybridized carbons (Fsp3) is 0.238. The van der Waals surface area contributed by atoms with E-state index in [0.717, 1.165) is 52.3 Å². The SMILES string of the molecule is COc1ccc(-c2ccc3[nH]nc(-c4cc(N5CCOCC5)ncn4)c3c2)cn1. The minimum absolute atomic E-state index is 0.593. The molecular weight excluding hydrogens is 368 g/mol. The number of methoxy groups -OCH3 is 1. The van der Waals surface area contributed by atoms with Crippen molar-refractivity contribution in [2.24, 2.45) is 0 Å². The van der Waals surface area contributed by atoms with Gasteiger partial charge in [-0.3, -0.25) is 5.10 Å². The van der Waals surface area contributed by atoms with E-state index in [9.17, 15) is 0 Å². The molecule has 1 fully saturated rings. The van der Waals surface area contributed by atoms with Crippen molar-refractivity contribution >= 4 is 16.7 Å². The van der Waals surface area contributed by atoms with Gasteiger partial charge in [-0.15, -0.1) is 0 Å². The number of morpholine rings is 1. The van der Waals surface area contributed by atoms with E-state index in [0.29, 0.717) is 19.1 Å². The second-order valence-electron chi connectivity index (χ2n) is 6.78. The summed E-state index contributed by atoms with van der Waals surface area (Å²) in [6.07, 6.45) is 3.40. The molecule has 4 aromatic rings. The first-order chi connectivity index (χ1) is 14.3. The maximum absolute atomic E-state index is 5.44. The monoisotopic (exact) mass is 388 g/mol. The summed E-state index contributed by atoms with van der Waals surface area (Å²) in [4.78, 5) is 15.4. The van der Waals surface area contributed by atoms with Gasteiger partial charge in [-0.05, 0) is 23.8 Å². The number of nitrogens with zero attached hydrogens (tertiary/aromatic N) is 5. The number of aromatic amines is 1. The van der Waals surface area contributed by atoms with Gasteiger partial charge in [0.15, 0.2) is 0 Å². The molecule has 0 amide bonds. The first-order valence-corrected chi connectivity index (χ1v) is 9.45. The largest absolute Gasteiger partial charge is 0.481 e. The Hall–Kier alpha value is -3.52. The average Bonchev–Trinajstić information content (AvgIpc) is 3.23. The van der Waals surface area contributed by atoms with Gasteiger partial charge in [-0.25, -0.2) is 15.0 Å². The molecular formula is C21H20N6O2. The summed E-state index contributed by atoms with van der Waals surface area (Å²) in [7, 11) is 1.61. The molecule has 1 aliphatic heterocycles. The number of hydrogen-bond acceptors (Lipinski definition) is 7. The zero-order chi connectivity index (χ0) is 19.6. The fourth-order valence-corrected chi connectivity index (χ4v) is 3.50. The van der Waals surface area contributed by atoms with Gasteiger partial charge in [0, 0.05) is 42.4 Å². The highest BCUT2D eigenvalue weighted by Gasteiger charge is 2.16. The molecule has 3 aromatic heterocycles. The molecule has 0 radical (unpaired) electrons. The molecule has 0 saturated carbocycles. The lowest BCUT2D eigenvalue weighted by atomic mass is 10.0. The number of anilines is 1. The van der Waals surface area contributed by atoms with Crippen molar-refractivity contribution in [2.75, 3.05) is 38.3 Å². The van der Waals surface area contributed by atoms with E-state index in [4.69, 9.17) is 9.47 Å². The Morgan fingerprint density at radius 2 is 1.86 bits per heavy atom. The van der Waals surface area contributed by atoms with E-state index in [2.05, 4.69) is 36.1 Å². The fourth-order valence-electron chi connectivity index (χ4n) is 3.50. The summed E-state index contributed by atoms with van der Waals surface area (Å²) >= 11 is 0. The Balaban J connectivity index is 1.53. The van der Waals surface area contributed by atoms with Crippen molar-refractivity contribution in [1.82, 2.24) is 25.1 Å². The molecule has 8 nitrogen and oxygen atoms in total. The summed E-state index contributed by atoms with van der Waals surface area (Å²) in [6.45, 7) is 3.08. The lowest BCUT2D eigenvalue weighted by molar-refractivity contribution is 0.122. The maximum atomic E-state index is 5.44. The highest BCUT2D eigenvalue weighted by molar-refractivity contribution is 5.95. The second kappa shape index (κ2) is 7.48. The number of aromatic nitrogens is 5. The summed E-state index contributed by atoms with van der Waals surface area (Å²) in [5, 5.41) is 8.63. The van der Waals surface area contributed by atoms with Crippen LogP contribution in [0, 0.1) is 0 Å². The number of hydrogen-bond donors (Lipinski definition) is 1. The normalized spacial score (nSPS) is 14.3. The topological polar surface area (TPSA) is 89.0 Å². The van der Waals surface area contributed by atoms with Gasteiger partial charge in [-0.1, -0.05) is 6.07 Å². The van der Waals surface area contributed by atoms with Crippen LogP contribution in [0.4, 0.5) is 5.82 Å². The highest BCUT2D eigenvalue weighted by Crippen LogP contribution is 2.30. The molecule has 0 unspecified atom stereocenters. The molecule has 146 valence electrons. The molecule has 0 atom stereocenters. The number of nitrogens with one attached hydrogen (secondary N) is 1. The second-order valence-corrected chi connectivity index (χ2v) is 6.78. The third-order valence-electron chi connectivity index (χ3n) is 5.07.